The zero-order chi connectivity index (χ0) is 14.3. The highest BCUT2D eigenvalue weighted by molar-refractivity contribution is 5.84. The third-order valence-corrected chi connectivity index (χ3v) is 2.58. The van der Waals surface area contributed by atoms with Crippen LogP contribution in [0.15, 0.2) is 30.3 Å². The maximum atomic E-state index is 11.9. The second-order valence-corrected chi connectivity index (χ2v) is 4.00. The third-order valence-electron chi connectivity index (χ3n) is 2.58. The number of benzene rings is 1. The summed E-state index contributed by atoms with van der Waals surface area (Å²) in [5.74, 6) is -0.815. The first-order valence-electron chi connectivity index (χ1n) is 6.11. The Bertz CT molecular complexity index is 419. The summed E-state index contributed by atoms with van der Waals surface area (Å²) in [6.07, 6.45) is -0.579. The molecule has 1 aromatic carbocycles. The number of amides is 1. The van der Waals surface area contributed by atoms with Crippen molar-refractivity contribution >= 4 is 11.9 Å². The van der Waals surface area contributed by atoms with E-state index in [1.54, 1.807) is 6.92 Å². The number of hydrogen-bond donors (Lipinski definition) is 1. The lowest BCUT2D eigenvalue weighted by Crippen LogP contribution is -2.45. The van der Waals surface area contributed by atoms with Crippen molar-refractivity contribution < 1.29 is 19.1 Å². The molecule has 1 aromatic rings. The van der Waals surface area contributed by atoms with Crippen molar-refractivity contribution in [3.05, 3.63) is 35.9 Å². The molecule has 0 saturated heterocycles. The van der Waals surface area contributed by atoms with Gasteiger partial charge in [-0.15, -0.1) is 0 Å². The molecule has 0 spiro atoms. The van der Waals surface area contributed by atoms with Gasteiger partial charge in [0.2, 0.25) is 5.91 Å². The topological polar surface area (TPSA) is 64.6 Å². The number of methoxy groups -OCH3 is 1. The van der Waals surface area contributed by atoms with E-state index >= 15 is 0 Å². The molecule has 0 aliphatic rings. The number of carbonyl (C=O) groups excluding carboxylic acids is 2. The summed E-state index contributed by atoms with van der Waals surface area (Å²) in [4.78, 5) is 23.2. The Morgan fingerprint density at radius 1 is 1.26 bits per heavy atom. The van der Waals surface area contributed by atoms with Gasteiger partial charge in [0.25, 0.3) is 0 Å². The van der Waals surface area contributed by atoms with Crippen LogP contribution in [-0.4, -0.2) is 31.6 Å². The van der Waals surface area contributed by atoms with Crippen LogP contribution in [0.25, 0.3) is 0 Å². The van der Waals surface area contributed by atoms with Crippen molar-refractivity contribution in [2.75, 3.05) is 13.7 Å². The number of ether oxygens (including phenoxy) is 2. The summed E-state index contributed by atoms with van der Waals surface area (Å²) < 4.78 is 10.3. The molecule has 104 valence electrons. The van der Waals surface area contributed by atoms with Gasteiger partial charge >= 0.3 is 5.97 Å². The third kappa shape index (κ3) is 4.37. The Balaban J connectivity index is 2.99. The average Bonchev–Trinajstić information content (AvgIpc) is 2.39. The molecule has 0 fully saturated rings. The molecule has 5 nitrogen and oxygen atoms in total. The number of hydrogen-bond acceptors (Lipinski definition) is 4. The number of esters is 1. The molecular weight excluding hydrogens is 246 g/mol. The quantitative estimate of drug-likeness (QED) is 0.790. The normalized spacial score (nSPS) is 13.4. The molecule has 0 aromatic heterocycles. The molecule has 0 radical (unpaired) electrons. The van der Waals surface area contributed by atoms with Gasteiger partial charge in [0, 0.05) is 14.0 Å². The van der Waals surface area contributed by atoms with E-state index in [0.29, 0.717) is 0 Å². The van der Waals surface area contributed by atoms with Gasteiger partial charge < -0.3 is 14.8 Å². The molecule has 0 bridgehead atoms. The van der Waals surface area contributed by atoms with E-state index in [1.165, 1.54) is 14.0 Å². The second-order valence-electron chi connectivity index (χ2n) is 4.00. The van der Waals surface area contributed by atoms with E-state index in [4.69, 9.17) is 9.47 Å². The van der Waals surface area contributed by atoms with Crippen LogP contribution in [0.4, 0.5) is 0 Å². The van der Waals surface area contributed by atoms with Crippen LogP contribution in [0.3, 0.4) is 0 Å². The van der Waals surface area contributed by atoms with Gasteiger partial charge in [-0.2, -0.15) is 0 Å². The minimum Gasteiger partial charge on any atom is -0.464 e. The van der Waals surface area contributed by atoms with E-state index < -0.39 is 18.1 Å². The minimum atomic E-state index is -0.857. The molecule has 2 atom stereocenters. The molecule has 0 unspecified atom stereocenters. The molecule has 0 aliphatic heterocycles. The fourth-order valence-corrected chi connectivity index (χ4v) is 1.82. The van der Waals surface area contributed by atoms with Crippen LogP contribution in [-0.2, 0) is 19.1 Å². The van der Waals surface area contributed by atoms with Gasteiger partial charge in [-0.05, 0) is 12.5 Å². The Labute approximate surface area is 112 Å². The largest absolute Gasteiger partial charge is 0.464 e. The summed E-state index contributed by atoms with van der Waals surface area (Å²) in [7, 11) is 1.49. The maximum Gasteiger partial charge on any atom is 0.331 e. The molecule has 19 heavy (non-hydrogen) atoms. The van der Waals surface area contributed by atoms with Crippen LogP contribution < -0.4 is 5.32 Å². The average molecular weight is 265 g/mol. The van der Waals surface area contributed by atoms with Crippen LogP contribution in [0, 0.1) is 0 Å². The smallest absolute Gasteiger partial charge is 0.331 e. The predicted octanol–water partition coefficient (Wildman–Crippen LogP) is 1.44. The molecule has 5 heteroatoms. The first-order chi connectivity index (χ1) is 9.10. The van der Waals surface area contributed by atoms with Crippen molar-refractivity contribution in [1.29, 1.82) is 0 Å². The molecule has 1 amide bonds. The summed E-state index contributed by atoms with van der Waals surface area (Å²) in [5.41, 5.74) is 0.803. The van der Waals surface area contributed by atoms with E-state index in [-0.39, 0.29) is 12.5 Å². The zero-order valence-corrected chi connectivity index (χ0v) is 11.4. The standard InChI is InChI=1S/C14H19NO4/c1-4-19-14(17)12(15-10(2)16)13(18-3)11-8-6-5-7-9-11/h5-9,12-13H,4H2,1-3H3,(H,15,16)/t12-,13-/m0/s1. The van der Waals surface area contributed by atoms with Gasteiger partial charge in [-0.1, -0.05) is 30.3 Å². The van der Waals surface area contributed by atoms with E-state index in [2.05, 4.69) is 5.32 Å². The van der Waals surface area contributed by atoms with Crippen LogP contribution in [0.1, 0.15) is 25.5 Å². The van der Waals surface area contributed by atoms with E-state index in [9.17, 15) is 9.59 Å². The van der Waals surface area contributed by atoms with Crippen molar-refractivity contribution in [1.82, 2.24) is 5.32 Å². The van der Waals surface area contributed by atoms with Crippen LogP contribution in [0.5, 0.6) is 0 Å². The lowest BCUT2D eigenvalue weighted by Gasteiger charge is -2.25. The van der Waals surface area contributed by atoms with E-state index in [0.717, 1.165) is 5.56 Å². The highest BCUT2D eigenvalue weighted by atomic mass is 16.5. The molecular formula is C14H19NO4. The van der Waals surface area contributed by atoms with Crippen molar-refractivity contribution in [2.45, 2.75) is 26.0 Å². The Hall–Kier alpha value is -1.88. The van der Waals surface area contributed by atoms with Gasteiger partial charge in [-0.25, -0.2) is 4.79 Å². The van der Waals surface area contributed by atoms with Gasteiger partial charge in [0.05, 0.1) is 6.61 Å². The van der Waals surface area contributed by atoms with Gasteiger partial charge in [-0.3, -0.25) is 4.79 Å². The summed E-state index contributed by atoms with van der Waals surface area (Å²) in [6.45, 7) is 3.32. The summed E-state index contributed by atoms with van der Waals surface area (Å²) in [6, 6.07) is 8.37. The minimum absolute atomic E-state index is 0.250. The van der Waals surface area contributed by atoms with E-state index in [1.807, 2.05) is 30.3 Å². The molecule has 0 aliphatic carbocycles. The van der Waals surface area contributed by atoms with Crippen LogP contribution in [0.2, 0.25) is 0 Å². The predicted molar refractivity (Wildman–Crippen MR) is 70.4 cm³/mol. The molecule has 0 heterocycles. The Kier molecular flexibility index (Phi) is 6.02. The molecule has 1 N–H and O–H groups in total. The number of nitrogens with one attached hydrogen (secondary N) is 1. The Morgan fingerprint density at radius 2 is 1.89 bits per heavy atom. The van der Waals surface area contributed by atoms with Crippen LogP contribution >= 0.6 is 0 Å². The van der Waals surface area contributed by atoms with Gasteiger partial charge in [0.15, 0.2) is 6.04 Å². The van der Waals surface area contributed by atoms with Crippen molar-refractivity contribution in [3.63, 3.8) is 0 Å². The lowest BCUT2D eigenvalue weighted by molar-refractivity contribution is -0.151. The SMILES string of the molecule is CCOC(=O)[C@@H](NC(C)=O)[C@@H](OC)c1ccccc1. The lowest BCUT2D eigenvalue weighted by atomic mass is 10.0. The first kappa shape index (κ1) is 15.2. The highest BCUT2D eigenvalue weighted by Gasteiger charge is 2.31. The van der Waals surface area contributed by atoms with Gasteiger partial charge in [0.1, 0.15) is 6.10 Å². The number of carbonyl (C=O) groups is 2. The Morgan fingerprint density at radius 3 is 2.37 bits per heavy atom. The number of rotatable bonds is 6. The first-order valence-corrected chi connectivity index (χ1v) is 6.11. The fraction of sp³-hybridized carbons (Fsp3) is 0.429. The monoisotopic (exact) mass is 265 g/mol. The summed E-state index contributed by atoms with van der Waals surface area (Å²) in [5, 5.41) is 2.58. The molecule has 1 rings (SSSR count). The fourth-order valence-electron chi connectivity index (χ4n) is 1.82. The molecule has 0 saturated carbocycles. The van der Waals surface area contributed by atoms with Crippen molar-refractivity contribution in [2.24, 2.45) is 0 Å². The van der Waals surface area contributed by atoms with Crippen molar-refractivity contribution in [3.8, 4) is 0 Å². The second kappa shape index (κ2) is 7.53. The highest BCUT2D eigenvalue weighted by Crippen LogP contribution is 2.21. The summed E-state index contributed by atoms with van der Waals surface area (Å²) >= 11 is 0. The zero-order valence-electron chi connectivity index (χ0n) is 11.4. The maximum absolute atomic E-state index is 11.9.